The molecule has 7 nitrogen and oxygen atoms in total. The molecule has 2 amide bonds. The predicted molar refractivity (Wildman–Crippen MR) is 130 cm³/mol. The minimum absolute atomic E-state index is 0.0899. The van der Waals surface area contributed by atoms with Gasteiger partial charge in [-0.25, -0.2) is 14.2 Å². The summed E-state index contributed by atoms with van der Waals surface area (Å²) >= 11 is 0. The number of pyridine rings is 1. The molecule has 0 atom stereocenters. The Labute approximate surface area is 197 Å². The van der Waals surface area contributed by atoms with E-state index in [0.29, 0.717) is 35.2 Å². The third-order valence-corrected chi connectivity index (χ3v) is 7.24. The maximum absolute atomic E-state index is 15.0. The van der Waals surface area contributed by atoms with Gasteiger partial charge in [0.05, 0.1) is 5.69 Å². The number of aromatic nitrogens is 1. The van der Waals surface area contributed by atoms with Crippen molar-refractivity contribution >= 4 is 17.5 Å². The van der Waals surface area contributed by atoms with Crippen LogP contribution < -0.4 is 15.1 Å². The van der Waals surface area contributed by atoms with Crippen LogP contribution in [0.4, 0.5) is 20.7 Å². The number of amides is 2. The van der Waals surface area contributed by atoms with Crippen LogP contribution in [0.25, 0.3) is 22.3 Å². The predicted octanol–water partition coefficient (Wildman–Crippen LogP) is 3.54. The van der Waals surface area contributed by atoms with E-state index in [2.05, 4.69) is 15.2 Å². The number of phenols is 1. The van der Waals surface area contributed by atoms with Gasteiger partial charge in [0, 0.05) is 69.1 Å². The van der Waals surface area contributed by atoms with Crippen LogP contribution in [0.5, 0.6) is 5.75 Å². The number of nitrogens with zero attached hydrogens (tertiary/aromatic N) is 4. The summed E-state index contributed by atoms with van der Waals surface area (Å²) in [5, 5.41) is 14.5. The number of para-hydroxylation sites is 1. The number of carbonyl (C=O) groups excluding carboxylic acids is 1. The summed E-state index contributed by atoms with van der Waals surface area (Å²) in [4.78, 5) is 22.1. The Bertz CT molecular complexity index is 1280. The van der Waals surface area contributed by atoms with Crippen LogP contribution in [0.1, 0.15) is 0 Å². The van der Waals surface area contributed by atoms with Crippen LogP contribution in [-0.2, 0) is 0 Å². The fourth-order valence-corrected chi connectivity index (χ4v) is 5.16. The van der Waals surface area contributed by atoms with Crippen molar-refractivity contribution < 1.29 is 14.3 Å². The number of carbonyl (C=O) groups is 1. The quantitative estimate of drug-likeness (QED) is 0.625. The molecule has 34 heavy (non-hydrogen) atoms. The molecule has 0 radical (unpaired) electrons. The number of hydrogen-bond acceptors (Lipinski definition) is 5. The Hall–Kier alpha value is -3.65. The molecule has 2 aromatic carbocycles. The van der Waals surface area contributed by atoms with Gasteiger partial charge >= 0.3 is 6.03 Å². The summed E-state index contributed by atoms with van der Waals surface area (Å²) in [5.74, 6) is 0.497. The first-order chi connectivity index (χ1) is 16.4. The van der Waals surface area contributed by atoms with Gasteiger partial charge < -0.3 is 20.2 Å². The molecule has 3 saturated heterocycles. The maximum Gasteiger partial charge on any atom is 0.324 e. The number of hydrogen-bond donors (Lipinski definition) is 2. The monoisotopic (exact) mass is 459 g/mol. The fourth-order valence-electron chi connectivity index (χ4n) is 5.16. The SMILES string of the molecule is CN1CCN(c2ccc(-c3cccc(-c4ccnc(N5CC6(CNC6)C5)c4)c3O)cc2F)C1=O. The van der Waals surface area contributed by atoms with Crippen LogP contribution in [0.15, 0.2) is 54.7 Å². The highest BCUT2D eigenvalue weighted by Gasteiger charge is 2.47. The topological polar surface area (TPSA) is 71.9 Å². The van der Waals surface area contributed by atoms with E-state index in [1.54, 1.807) is 36.3 Å². The first-order valence-corrected chi connectivity index (χ1v) is 11.5. The molecule has 3 aromatic rings. The van der Waals surface area contributed by atoms with Crippen LogP contribution in [0.3, 0.4) is 0 Å². The lowest BCUT2D eigenvalue weighted by molar-refractivity contribution is 0.120. The second kappa shape index (κ2) is 7.70. The van der Waals surface area contributed by atoms with Crippen LogP contribution in [-0.4, -0.2) is 67.3 Å². The number of rotatable bonds is 4. The Morgan fingerprint density at radius 2 is 1.76 bits per heavy atom. The molecule has 0 unspecified atom stereocenters. The van der Waals surface area contributed by atoms with Crippen molar-refractivity contribution in [1.82, 2.24) is 15.2 Å². The second-order valence-corrected chi connectivity index (χ2v) is 9.59. The lowest BCUT2D eigenvalue weighted by atomic mass is 9.74. The Balaban J connectivity index is 1.29. The van der Waals surface area contributed by atoms with Crippen molar-refractivity contribution in [1.29, 1.82) is 0 Å². The van der Waals surface area contributed by atoms with Crippen molar-refractivity contribution in [3.05, 3.63) is 60.5 Å². The molecule has 0 bridgehead atoms. The lowest BCUT2D eigenvalue weighted by Gasteiger charge is -2.56. The molecular weight excluding hydrogens is 433 g/mol. The largest absolute Gasteiger partial charge is 0.507 e. The molecule has 4 heterocycles. The Kier molecular flexibility index (Phi) is 4.74. The smallest absolute Gasteiger partial charge is 0.324 e. The molecule has 0 aliphatic carbocycles. The normalized spacial score (nSPS) is 18.9. The number of halogens is 1. The van der Waals surface area contributed by atoms with Crippen molar-refractivity contribution in [2.45, 2.75) is 0 Å². The average Bonchev–Trinajstić information content (AvgIpc) is 3.10. The molecular formula is C26H26FN5O2. The third kappa shape index (κ3) is 3.28. The van der Waals surface area contributed by atoms with E-state index in [1.165, 1.54) is 11.0 Å². The number of aromatic hydroxyl groups is 1. The van der Waals surface area contributed by atoms with E-state index < -0.39 is 5.82 Å². The standard InChI is InChI=1S/C26H26FN5O2/c1-30-9-10-32(25(30)34)22-6-5-17(11-21(22)27)19-3-2-4-20(24(19)33)18-7-8-29-23(12-18)31-15-26(16-31)13-28-14-26/h2-8,11-12,28,33H,9-10,13-16H2,1H3. The van der Waals surface area contributed by atoms with Gasteiger partial charge in [-0.3, -0.25) is 4.90 Å². The summed E-state index contributed by atoms with van der Waals surface area (Å²) in [6, 6.07) is 13.9. The number of phenolic OH excluding ortho intramolecular Hbond substituents is 1. The van der Waals surface area contributed by atoms with Gasteiger partial charge in [-0.05, 0) is 35.4 Å². The number of urea groups is 1. The summed E-state index contributed by atoms with van der Waals surface area (Å²) in [6.07, 6.45) is 1.76. The molecule has 3 aliphatic rings. The van der Waals surface area contributed by atoms with Gasteiger partial charge in [-0.2, -0.15) is 0 Å². The first kappa shape index (κ1) is 20.9. The van der Waals surface area contributed by atoms with Gasteiger partial charge in [0.1, 0.15) is 17.4 Å². The van der Waals surface area contributed by atoms with Crippen LogP contribution >= 0.6 is 0 Å². The molecule has 1 spiro atoms. The lowest BCUT2D eigenvalue weighted by Crippen LogP contribution is -2.71. The van der Waals surface area contributed by atoms with Crippen molar-refractivity contribution in [2.24, 2.45) is 5.41 Å². The van der Waals surface area contributed by atoms with Crippen molar-refractivity contribution in [3.63, 3.8) is 0 Å². The second-order valence-electron chi connectivity index (χ2n) is 9.59. The van der Waals surface area contributed by atoms with E-state index in [-0.39, 0.29) is 17.5 Å². The molecule has 2 N–H and O–H groups in total. The third-order valence-electron chi connectivity index (χ3n) is 7.24. The highest BCUT2D eigenvalue weighted by Crippen LogP contribution is 2.41. The van der Waals surface area contributed by atoms with Crippen molar-refractivity contribution in [2.75, 3.05) is 56.1 Å². The van der Waals surface area contributed by atoms with Gasteiger partial charge in [-0.15, -0.1) is 0 Å². The zero-order chi connectivity index (χ0) is 23.4. The maximum atomic E-state index is 15.0. The molecule has 174 valence electrons. The van der Waals surface area contributed by atoms with Crippen molar-refractivity contribution in [3.8, 4) is 28.0 Å². The van der Waals surface area contributed by atoms with Gasteiger partial charge in [0.25, 0.3) is 0 Å². The van der Waals surface area contributed by atoms with Crippen LogP contribution in [0, 0.1) is 11.2 Å². The zero-order valence-electron chi connectivity index (χ0n) is 19.0. The van der Waals surface area contributed by atoms with E-state index in [4.69, 9.17) is 0 Å². The summed E-state index contributed by atoms with van der Waals surface area (Å²) < 4.78 is 15.0. The first-order valence-electron chi connectivity index (χ1n) is 11.5. The van der Waals surface area contributed by atoms with E-state index in [0.717, 1.165) is 37.6 Å². The number of likely N-dealkylation sites (N-methyl/N-ethyl adjacent to an activating group) is 1. The highest BCUT2D eigenvalue weighted by molar-refractivity contribution is 5.94. The Morgan fingerprint density at radius 3 is 2.38 bits per heavy atom. The molecule has 3 fully saturated rings. The molecule has 3 aliphatic heterocycles. The fraction of sp³-hybridized carbons (Fsp3) is 0.308. The molecule has 1 aromatic heterocycles. The van der Waals surface area contributed by atoms with Gasteiger partial charge in [-0.1, -0.05) is 24.3 Å². The van der Waals surface area contributed by atoms with Gasteiger partial charge in [0.2, 0.25) is 0 Å². The molecule has 0 saturated carbocycles. The molecule has 8 heteroatoms. The van der Waals surface area contributed by atoms with Crippen LogP contribution in [0.2, 0.25) is 0 Å². The number of nitrogens with one attached hydrogen (secondary N) is 1. The van der Waals surface area contributed by atoms with E-state index >= 15 is 4.39 Å². The molecule has 6 rings (SSSR count). The highest BCUT2D eigenvalue weighted by atomic mass is 19.1. The number of anilines is 2. The minimum Gasteiger partial charge on any atom is -0.507 e. The zero-order valence-corrected chi connectivity index (χ0v) is 19.0. The summed E-state index contributed by atoms with van der Waals surface area (Å²) in [7, 11) is 1.70. The van der Waals surface area contributed by atoms with Gasteiger partial charge in [0.15, 0.2) is 0 Å². The summed E-state index contributed by atoms with van der Waals surface area (Å²) in [5.41, 5.74) is 3.26. The van der Waals surface area contributed by atoms with E-state index in [9.17, 15) is 9.90 Å². The van der Waals surface area contributed by atoms with E-state index in [1.807, 2.05) is 24.3 Å². The minimum atomic E-state index is -0.491. The number of benzene rings is 2. The Morgan fingerprint density at radius 1 is 1.03 bits per heavy atom. The average molecular weight is 460 g/mol. The summed E-state index contributed by atoms with van der Waals surface area (Å²) in [6.45, 7) is 5.11.